The van der Waals surface area contributed by atoms with E-state index in [1.165, 1.54) is 0 Å². The zero-order chi connectivity index (χ0) is 11.9. The number of thiocarbonyl (C=S) groups is 1. The molecule has 0 spiro atoms. The molecule has 1 saturated heterocycles. The lowest BCUT2D eigenvalue weighted by atomic mass is 10.1. The van der Waals surface area contributed by atoms with Crippen molar-refractivity contribution in [1.82, 2.24) is 4.90 Å². The van der Waals surface area contributed by atoms with Gasteiger partial charge in [0.25, 0.3) is 0 Å². The molecule has 3 atom stereocenters. The van der Waals surface area contributed by atoms with Gasteiger partial charge in [-0.3, -0.25) is 4.90 Å². The number of piperidine rings is 1. The SMILES string of the molecule is NC(=S)C(CN1CC2CCC1C2)C(F)(F)F. The molecule has 1 heterocycles. The molecule has 0 radical (unpaired) electrons. The van der Waals surface area contributed by atoms with Crippen molar-refractivity contribution in [2.75, 3.05) is 13.1 Å². The molecule has 0 aromatic heterocycles. The molecule has 3 unspecified atom stereocenters. The summed E-state index contributed by atoms with van der Waals surface area (Å²) in [5.41, 5.74) is 5.18. The van der Waals surface area contributed by atoms with Crippen LogP contribution in [0, 0.1) is 11.8 Å². The highest BCUT2D eigenvalue weighted by atomic mass is 32.1. The molecule has 1 aliphatic heterocycles. The Balaban J connectivity index is 1.99. The minimum Gasteiger partial charge on any atom is -0.393 e. The van der Waals surface area contributed by atoms with Crippen LogP contribution < -0.4 is 5.73 Å². The van der Waals surface area contributed by atoms with E-state index in [4.69, 9.17) is 5.73 Å². The maximum Gasteiger partial charge on any atom is 0.399 e. The molecule has 6 heteroatoms. The predicted octanol–water partition coefficient (Wildman–Crippen LogP) is 1.94. The highest BCUT2D eigenvalue weighted by Gasteiger charge is 2.46. The van der Waals surface area contributed by atoms with E-state index in [1.54, 1.807) is 0 Å². The quantitative estimate of drug-likeness (QED) is 0.778. The van der Waals surface area contributed by atoms with Gasteiger partial charge in [0.2, 0.25) is 0 Å². The Hall–Kier alpha value is -0.360. The van der Waals surface area contributed by atoms with Gasteiger partial charge in [-0.2, -0.15) is 13.2 Å². The summed E-state index contributed by atoms with van der Waals surface area (Å²) in [7, 11) is 0. The minimum absolute atomic E-state index is 0.0556. The van der Waals surface area contributed by atoms with Crippen LogP contribution in [-0.4, -0.2) is 35.2 Å². The fraction of sp³-hybridized carbons (Fsp3) is 0.900. The topological polar surface area (TPSA) is 29.3 Å². The molecule has 2 nitrogen and oxygen atoms in total. The Bertz CT molecular complexity index is 292. The molecule has 2 rings (SSSR count). The number of likely N-dealkylation sites (tertiary alicyclic amines) is 1. The number of alkyl halides is 3. The molecule has 1 aliphatic carbocycles. The van der Waals surface area contributed by atoms with E-state index in [9.17, 15) is 13.2 Å². The second kappa shape index (κ2) is 4.14. The summed E-state index contributed by atoms with van der Waals surface area (Å²) in [6, 6.07) is 0.323. The van der Waals surface area contributed by atoms with Crippen molar-refractivity contribution in [2.24, 2.45) is 17.6 Å². The van der Waals surface area contributed by atoms with E-state index in [0.29, 0.717) is 12.0 Å². The van der Waals surface area contributed by atoms with Gasteiger partial charge in [-0.1, -0.05) is 12.2 Å². The lowest BCUT2D eigenvalue weighted by molar-refractivity contribution is -0.160. The average molecular weight is 252 g/mol. The summed E-state index contributed by atoms with van der Waals surface area (Å²) >= 11 is 4.52. The summed E-state index contributed by atoms with van der Waals surface area (Å²) in [5, 5.41) is 0. The Morgan fingerprint density at radius 2 is 2.12 bits per heavy atom. The van der Waals surface area contributed by atoms with Crippen molar-refractivity contribution in [2.45, 2.75) is 31.5 Å². The van der Waals surface area contributed by atoms with Crippen molar-refractivity contribution < 1.29 is 13.2 Å². The van der Waals surface area contributed by atoms with Crippen LogP contribution in [0.1, 0.15) is 19.3 Å². The van der Waals surface area contributed by atoms with Gasteiger partial charge in [-0.15, -0.1) is 0 Å². The van der Waals surface area contributed by atoms with Gasteiger partial charge >= 0.3 is 6.18 Å². The van der Waals surface area contributed by atoms with E-state index < -0.39 is 17.1 Å². The van der Waals surface area contributed by atoms with Crippen LogP contribution in [-0.2, 0) is 0 Å². The van der Waals surface area contributed by atoms with Gasteiger partial charge in [0, 0.05) is 19.1 Å². The minimum atomic E-state index is -4.31. The Labute approximate surface area is 98.0 Å². The van der Waals surface area contributed by atoms with Crippen LogP contribution in [0.25, 0.3) is 0 Å². The largest absolute Gasteiger partial charge is 0.399 e. The van der Waals surface area contributed by atoms with Crippen molar-refractivity contribution in [3.8, 4) is 0 Å². The molecular weight excluding hydrogens is 237 g/mol. The number of nitrogens with zero attached hydrogens (tertiary/aromatic N) is 1. The van der Waals surface area contributed by atoms with Crippen LogP contribution in [0.3, 0.4) is 0 Å². The fourth-order valence-corrected chi connectivity index (χ4v) is 3.05. The summed E-state index contributed by atoms with van der Waals surface area (Å²) < 4.78 is 38.0. The van der Waals surface area contributed by atoms with Crippen LogP contribution in [0.4, 0.5) is 13.2 Å². The first-order chi connectivity index (χ1) is 7.38. The van der Waals surface area contributed by atoms with Crippen LogP contribution in [0.2, 0.25) is 0 Å². The molecule has 0 aromatic carbocycles. The van der Waals surface area contributed by atoms with Crippen molar-refractivity contribution in [1.29, 1.82) is 0 Å². The molecule has 92 valence electrons. The molecule has 2 fully saturated rings. The fourth-order valence-electron chi connectivity index (χ4n) is 2.84. The number of nitrogens with two attached hydrogens (primary N) is 1. The summed E-state index contributed by atoms with van der Waals surface area (Å²) in [4.78, 5) is 1.47. The summed E-state index contributed by atoms with van der Waals surface area (Å²) in [5.74, 6) is -1.06. The zero-order valence-electron chi connectivity index (χ0n) is 8.83. The Kier molecular flexibility index (Phi) is 3.13. The molecule has 2 bridgehead atoms. The van der Waals surface area contributed by atoms with E-state index in [0.717, 1.165) is 25.8 Å². The first-order valence-electron chi connectivity index (χ1n) is 5.48. The van der Waals surface area contributed by atoms with Crippen LogP contribution in [0.15, 0.2) is 0 Å². The molecule has 2 N–H and O–H groups in total. The number of hydrogen-bond acceptors (Lipinski definition) is 2. The number of hydrogen-bond donors (Lipinski definition) is 1. The normalized spacial score (nSPS) is 31.9. The van der Waals surface area contributed by atoms with Crippen molar-refractivity contribution in [3.05, 3.63) is 0 Å². The second-order valence-corrected chi connectivity index (χ2v) is 5.25. The van der Waals surface area contributed by atoms with Gasteiger partial charge in [-0.05, 0) is 25.2 Å². The third-order valence-corrected chi connectivity index (χ3v) is 3.96. The monoisotopic (exact) mass is 252 g/mol. The predicted molar refractivity (Wildman–Crippen MR) is 59.0 cm³/mol. The first kappa shape index (κ1) is 12.1. The Morgan fingerprint density at radius 3 is 2.50 bits per heavy atom. The lowest BCUT2D eigenvalue weighted by Crippen LogP contribution is -2.45. The lowest BCUT2D eigenvalue weighted by Gasteiger charge is -2.31. The highest BCUT2D eigenvalue weighted by molar-refractivity contribution is 7.80. The van der Waals surface area contributed by atoms with E-state index >= 15 is 0 Å². The smallest absolute Gasteiger partial charge is 0.393 e. The number of fused-ring (bicyclic) bond motifs is 2. The maximum atomic E-state index is 12.7. The second-order valence-electron chi connectivity index (χ2n) is 4.78. The maximum absolute atomic E-state index is 12.7. The highest BCUT2D eigenvalue weighted by Crippen LogP contribution is 2.39. The molecule has 0 amide bonds. The van der Waals surface area contributed by atoms with Gasteiger partial charge < -0.3 is 5.73 Å². The zero-order valence-corrected chi connectivity index (χ0v) is 9.65. The van der Waals surface area contributed by atoms with Crippen LogP contribution in [0.5, 0.6) is 0 Å². The molecule has 0 aromatic rings. The Morgan fingerprint density at radius 1 is 1.44 bits per heavy atom. The van der Waals surface area contributed by atoms with Gasteiger partial charge in [0.05, 0.1) is 4.99 Å². The number of halogens is 3. The van der Waals surface area contributed by atoms with E-state index in [2.05, 4.69) is 12.2 Å². The van der Waals surface area contributed by atoms with E-state index in [-0.39, 0.29) is 6.54 Å². The molecule has 16 heavy (non-hydrogen) atoms. The summed E-state index contributed by atoms with van der Waals surface area (Å²) in [6.45, 7) is 0.722. The van der Waals surface area contributed by atoms with E-state index in [1.807, 2.05) is 4.90 Å². The third-order valence-electron chi connectivity index (χ3n) is 3.68. The third kappa shape index (κ3) is 2.32. The summed E-state index contributed by atoms with van der Waals surface area (Å²) in [6.07, 6.45) is -1.09. The number of rotatable bonds is 3. The van der Waals surface area contributed by atoms with Crippen molar-refractivity contribution in [3.63, 3.8) is 0 Å². The van der Waals surface area contributed by atoms with Gasteiger partial charge in [0.1, 0.15) is 5.92 Å². The molecule has 1 saturated carbocycles. The molecular formula is C10H15F3N2S. The standard InChI is InChI=1S/C10H15F3N2S/c11-10(12,13)8(9(14)16)5-15-4-6-1-2-7(15)3-6/h6-8H,1-5H2,(H2,14,16). The van der Waals surface area contributed by atoms with Crippen LogP contribution >= 0.6 is 12.2 Å². The molecule has 2 aliphatic rings. The average Bonchev–Trinajstić information content (AvgIpc) is 2.72. The van der Waals surface area contributed by atoms with Gasteiger partial charge in [0.15, 0.2) is 0 Å². The van der Waals surface area contributed by atoms with Crippen molar-refractivity contribution >= 4 is 17.2 Å². The van der Waals surface area contributed by atoms with Gasteiger partial charge in [-0.25, -0.2) is 0 Å². The first-order valence-corrected chi connectivity index (χ1v) is 5.89.